The Morgan fingerprint density at radius 1 is 1.00 bits per heavy atom. The molecule has 4 rings (SSSR count). The highest BCUT2D eigenvalue weighted by atomic mass is 16.5. The minimum atomic E-state index is 0.00475. The number of fused-ring (bicyclic) bond motifs is 1. The molecule has 0 saturated heterocycles. The first-order valence-electron chi connectivity index (χ1n) is 12.9. The van der Waals surface area contributed by atoms with Crippen LogP contribution in [0.3, 0.4) is 0 Å². The number of rotatable bonds is 14. The van der Waals surface area contributed by atoms with Gasteiger partial charge in [0.05, 0.1) is 38.2 Å². The minimum absolute atomic E-state index is 0.00475. The first-order valence-corrected chi connectivity index (χ1v) is 12.9. The Morgan fingerprint density at radius 3 is 2.55 bits per heavy atom. The molecular formula is C31H35N3O4. The van der Waals surface area contributed by atoms with Crippen LogP contribution in [0.5, 0.6) is 17.2 Å². The molecule has 0 bridgehead atoms. The normalized spacial score (nSPS) is 10.8. The van der Waals surface area contributed by atoms with Gasteiger partial charge in [-0.15, -0.1) is 6.58 Å². The number of ether oxygens (including phenoxy) is 3. The van der Waals surface area contributed by atoms with Crippen molar-refractivity contribution >= 4 is 16.9 Å². The number of methoxy groups -OCH3 is 2. The zero-order chi connectivity index (χ0) is 26.7. The number of aromatic nitrogens is 2. The SMILES string of the molecule is C=CCc1ccc(OCCn2c(CCCNC(=O)Cc3ccc(OC)cc3)nc3ccccc32)c(OC)c1. The summed E-state index contributed by atoms with van der Waals surface area (Å²) in [5.74, 6) is 3.19. The second-order valence-electron chi connectivity index (χ2n) is 8.97. The van der Waals surface area contributed by atoms with Crippen molar-refractivity contribution in [3.63, 3.8) is 0 Å². The molecule has 3 aromatic carbocycles. The van der Waals surface area contributed by atoms with Crippen LogP contribution >= 0.6 is 0 Å². The molecule has 0 spiro atoms. The molecule has 198 valence electrons. The van der Waals surface area contributed by atoms with E-state index in [0.29, 0.717) is 37.6 Å². The Bertz CT molecular complexity index is 1360. The molecule has 1 heterocycles. The average Bonchev–Trinajstić information content (AvgIpc) is 3.29. The Labute approximate surface area is 224 Å². The van der Waals surface area contributed by atoms with Gasteiger partial charge < -0.3 is 24.1 Å². The first kappa shape index (κ1) is 26.8. The summed E-state index contributed by atoms with van der Waals surface area (Å²) in [4.78, 5) is 17.2. The molecule has 0 fully saturated rings. The fraction of sp³-hybridized carbons (Fsp3) is 0.290. The number of amides is 1. The van der Waals surface area contributed by atoms with Crippen molar-refractivity contribution in [1.29, 1.82) is 0 Å². The number of nitrogens with zero attached hydrogens (tertiary/aromatic N) is 2. The number of para-hydroxylation sites is 2. The van der Waals surface area contributed by atoms with Crippen LogP contribution in [-0.4, -0.2) is 42.8 Å². The van der Waals surface area contributed by atoms with Crippen LogP contribution in [0.15, 0.2) is 79.4 Å². The van der Waals surface area contributed by atoms with Crippen molar-refractivity contribution in [1.82, 2.24) is 14.9 Å². The number of nitrogens with one attached hydrogen (secondary N) is 1. The predicted octanol–water partition coefficient (Wildman–Crippen LogP) is 5.15. The van der Waals surface area contributed by atoms with Gasteiger partial charge in [-0.25, -0.2) is 4.98 Å². The Balaban J connectivity index is 1.33. The van der Waals surface area contributed by atoms with E-state index in [1.165, 1.54) is 0 Å². The van der Waals surface area contributed by atoms with Crippen LogP contribution in [0.4, 0.5) is 0 Å². The lowest BCUT2D eigenvalue weighted by Crippen LogP contribution is -2.26. The van der Waals surface area contributed by atoms with Gasteiger partial charge in [0, 0.05) is 13.0 Å². The number of aryl methyl sites for hydroxylation is 1. The maximum atomic E-state index is 12.4. The van der Waals surface area contributed by atoms with E-state index in [-0.39, 0.29) is 5.91 Å². The highest BCUT2D eigenvalue weighted by molar-refractivity contribution is 5.78. The van der Waals surface area contributed by atoms with Crippen LogP contribution in [0.25, 0.3) is 11.0 Å². The number of hydrogen-bond acceptors (Lipinski definition) is 5. The highest BCUT2D eigenvalue weighted by Gasteiger charge is 2.12. The van der Waals surface area contributed by atoms with Gasteiger partial charge in [-0.2, -0.15) is 0 Å². The van der Waals surface area contributed by atoms with E-state index in [2.05, 4.69) is 22.5 Å². The summed E-state index contributed by atoms with van der Waals surface area (Å²) in [6.45, 7) is 5.51. The molecule has 0 saturated carbocycles. The molecule has 0 unspecified atom stereocenters. The number of carbonyl (C=O) groups excluding carboxylic acids is 1. The van der Waals surface area contributed by atoms with Crippen molar-refractivity contribution in [2.75, 3.05) is 27.4 Å². The fourth-order valence-electron chi connectivity index (χ4n) is 4.40. The molecular weight excluding hydrogens is 478 g/mol. The van der Waals surface area contributed by atoms with E-state index >= 15 is 0 Å². The molecule has 0 aliphatic heterocycles. The molecule has 7 heteroatoms. The average molecular weight is 514 g/mol. The van der Waals surface area contributed by atoms with Crippen LogP contribution in [-0.2, 0) is 30.6 Å². The van der Waals surface area contributed by atoms with Crippen LogP contribution in [0.2, 0.25) is 0 Å². The number of imidazole rings is 1. The van der Waals surface area contributed by atoms with Gasteiger partial charge in [0.1, 0.15) is 18.2 Å². The smallest absolute Gasteiger partial charge is 0.224 e. The summed E-state index contributed by atoms with van der Waals surface area (Å²) in [5.41, 5.74) is 4.11. The van der Waals surface area contributed by atoms with Crippen LogP contribution < -0.4 is 19.5 Å². The predicted molar refractivity (Wildman–Crippen MR) is 150 cm³/mol. The topological polar surface area (TPSA) is 74.6 Å². The van der Waals surface area contributed by atoms with Crippen molar-refractivity contribution in [3.8, 4) is 17.2 Å². The molecule has 38 heavy (non-hydrogen) atoms. The summed E-state index contributed by atoms with van der Waals surface area (Å²) >= 11 is 0. The molecule has 7 nitrogen and oxygen atoms in total. The zero-order valence-electron chi connectivity index (χ0n) is 22.1. The van der Waals surface area contributed by atoms with Crippen molar-refractivity contribution < 1.29 is 19.0 Å². The van der Waals surface area contributed by atoms with Crippen LogP contribution in [0.1, 0.15) is 23.4 Å². The number of benzene rings is 3. The standard InChI is InChI=1S/C31H35N3O4/c1-4-8-23-14-17-28(29(21-23)37-3)38-20-19-34-27-10-6-5-9-26(27)33-30(34)11-7-18-32-31(35)22-24-12-15-25(36-2)16-13-24/h4-6,9-10,12-17,21H,1,7-8,11,18-20,22H2,2-3H3,(H,32,35). The molecule has 0 aliphatic carbocycles. The van der Waals surface area contributed by atoms with E-state index in [9.17, 15) is 4.79 Å². The maximum absolute atomic E-state index is 12.4. The van der Waals surface area contributed by atoms with Crippen molar-refractivity contribution in [3.05, 3.63) is 96.3 Å². The summed E-state index contributed by atoms with van der Waals surface area (Å²) in [6, 6.07) is 21.6. The third kappa shape index (κ3) is 6.94. The second-order valence-corrected chi connectivity index (χ2v) is 8.97. The largest absolute Gasteiger partial charge is 0.497 e. The molecule has 1 amide bonds. The zero-order valence-corrected chi connectivity index (χ0v) is 22.1. The number of allylic oxidation sites excluding steroid dienone is 1. The number of hydrogen-bond donors (Lipinski definition) is 1. The lowest BCUT2D eigenvalue weighted by Gasteiger charge is -2.14. The lowest BCUT2D eigenvalue weighted by atomic mass is 10.1. The molecule has 4 aromatic rings. The molecule has 0 radical (unpaired) electrons. The second kappa shape index (κ2) is 13.3. The number of carbonyl (C=O) groups is 1. The van der Waals surface area contributed by atoms with Crippen molar-refractivity contribution in [2.24, 2.45) is 0 Å². The van der Waals surface area contributed by atoms with Gasteiger partial charge in [-0.3, -0.25) is 4.79 Å². The summed E-state index contributed by atoms with van der Waals surface area (Å²) in [5, 5.41) is 3.02. The highest BCUT2D eigenvalue weighted by Crippen LogP contribution is 2.28. The Kier molecular flexibility index (Phi) is 9.40. The summed E-state index contributed by atoms with van der Waals surface area (Å²) in [7, 11) is 3.28. The maximum Gasteiger partial charge on any atom is 0.224 e. The van der Waals surface area contributed by atoms with Gasteiger partial charge in [0.15, 0.2) is 11.5 Å². The quantitative estimate of drug-likeness (QED) is 0.186. The fourth-order valence-corrected chi connectivity index (χ4v) is 4.40. The first-order chi connectivity index (χ1) is 18.6. The Hall–Kier alpha value is -4.26. The van der Waals surface area contributed by atoms with E-state index in [1.807, 2.05) is 66.7 Å². The van der Waals surface area contributed by atoms with E-state index < -0.39 is 0 Å². The molecule has 1 N–H and O–H groups in total. The third-order valence-corrected chi connectivity index (χ3v) is 6.34. The summed E-state index contributed by atoms with van der Waals surface area (Å²) in [6.07, 6.45) is 4.53. The molecule has 1 aromatic heterocycles. The van der Waals surface area contributed by atoms with E-state index in [0.717, 1.165) is 53.0 Å². The lowest BCUT2D eigenvalue weighted by molar-refractivity contribution is -0.120. The summed E-state index contributed by atoms with van der Waals surface area (Å²) < 4.78 is 19.0. The van der Waals surface area contributed by atoms with Crippen LogP contribution in [0, 0.1) is 0 Å². The monoisotopic (exact) mass is 513 g/mol. The van der Waals surface area contributed by atoms with Gasteiger partial charge in [-0.1, -0.05) is 36.4 Å². The van der Waals surface area contributed by atoms with E-state index in [1.54, 1.807) is 14.2 Å². The molecule has 0 atom stereocenters. The minimum Gasteiger partial charge on any atom is -0.497 e. The molecule has 0 aliphatic rings. The van der Waals surface area contributed by atoms with Gasteiger partial charge in [0.2, 0.25) is 5.91 Å². The van der Waals surface area contributed by atoms with Gasteiger partial charge in [-0.05, 0) is 60.4 Å². The van der Waals surface area contributed by atoms with Crippen molar-refractivity contribution in [2.45, 2.75) is 32.2 Å². The van der Waals surface area contributed by atoms with E-state index in [4.69, 9.17) is 19.2 Å². The third-order valence-electron chi connectivity index (χ3n) is 6.34. The van der Waals surface area contributed by atoms with Gasteiger partial charge >= 0.3 is 0 Å². The van der Waals surface area contributed by atoms with Gasteiger partial charge in [0.25, 0.3) is 0 Å². The Morgan fingerprint density at radius 2 is 1.79 bits per heavy atom.